The van der Waals surface area contributed by atoms with Crippen molar-refractivity contribution >= 4 is 40.3 Å². The molecule has 0 spiro atoms. The Morgan fingerprint density at radius 1 is 1.29 bits per heavy atom. The van der Waals surface area contributed by atoms with Crippen LogP contribution in [0.5, 0.6) is 0 Å². The Kier molecular flexibility index (Phi) is 4.26. The predicted molar refractivity (Wildman–Crippen MR) is 86.1 cm³/mol. The van der Waals surface area contributed by atoms with Gasteiger partial charge in [-0.25, -0.2) is 4.79 Å². The van der Waals surface area contributed by atoms with Crippen LogP contribution in [0.4, 0.5) is 5.82 Å². The molecule has 2 aromatic heterocycles. The topological polar surface area (TPSA) is 94.6 Å². The van der Waals surface area contributed by atoms with Gasteiger partial charge in [-0.05, 0) is 32.0 Å². The van der Waals surface area contributed by atoms with Gasteiger partial charge in [-0.15, -0.1) is 0 Å². The Hall–Kier alpha value is -2.80. The summed E-state index contributed by atoms with van der Waals surface area (Å²) in [5.41, 5.74) is 1.12. The number of ether oxygens (including phenoxy) is 1. The van der Waals surface area contributed by atoms with Crippen molar-refractivity contribution in [2.24, 2.45) is 0 Å². The number of fused-ring (bicyclic) bond motifs is 1. The second-order valence-electron chi connectivity index (χ2n) is 5.14. The molecule has 8 heteroatoms. The third-order valence-electron chi connectivity index (χ3n) is 3.31. The van der Waals surface area contributed by atoms with Crippen LogP contribution >= 0.6 is 11.6 Å². The van der Waals surface area contributed by atoms with Crippen LogP contribution in [0.3, 0.4) is 0 Å². The first-order valence-corrected chi connectivity index (χ1v) is 7.41. The maximum atomic E-state index is 12.1. The van der Waals surface area contributed by atoms with E-state index in [0.29, 0.717) is 21.9 Å². The number of esters is 1. The number of anilines is 1. The third kappa shape index (κ3) is 3.26. The van der Waals surface area contributed by atoms with E-state index in [-0.39, 0.29) is 11.6 Å². The molecule has 124 valence electrons. The lowest BCUT2D eigenvalue weighted by atomic mass is 10.1. The van der Waals surface area contributed by atoms with E-state index in [1.807, 2.05) is 0 Å². The number of nitrogens with zero attached hydrogens (tertiary/aromatic N) is 1. The largest absolute Gasteiger partial charge is 0.450 e. The van der Waals surface area contributed by atoms with Gasteiger partial charge >= 0.3 is 5.97 Å². The zero-order valence-corrected chi connectivity index (χ0v) is 13.6. The van der Waals surface area contributed by atoms with E-state index in [9.17, 15) is 9.59 Å². The van der Waals surface area contributed by atoms with Crippen LogP contribution in [-0.2, 0) is 9.53 Å². The van der Waals surface area contributed by atoms with Crippen LogP contribution in [0.25, 0.3) is 11.0 Å². The number of halogens is 1. The Balaban J connectivity index is 1.66. The summed E-state index contributed by atoms with van der Waals surface area (Å²) in [5.74, 6) is -0.418. The lowest BCUT2D eigenvalue weighted by Gasteiger charge is -2.03. The molecule has 1 amide bonds. The van der Waals surface area contributed by atoms with Gasteiger partial charge in [-0.2, -0.15) is 0 Å². The molecule has 0 saturated heterocycles. The standard InChI is InChI=1S/C16H13ClN2O5/c1-8-5-13(19-24-8)18-14(20)7-22-16(21)15-9(2)11-6-10(17)3-4-12(11)23-15/h3-6H,7H2,1-2H3,(H,18,19,20). The number of hydrogen-bond acceptors (Lipinski definition) is 6. The highest BCUT2D eigenvalue weighted by atomic mass is 35.5. The molecule has 0 aliphatic rings. The Morgan fingerprint density at radius 3 is 2.79 bits per heavy atom. The number of nitrogens with one attached hydrogen (secondary N) is 1. The van der Waals surface area contributed by atoms with Crippen molar-refractivity contribution in [3.8, 4) is 0 Å². The molecule has 0 atom stereocenters. The van der Waals surface area contributed by atoms with Crippen LogP contribution in [0, 0.1) is 13.8 Å². The molecule has 0 saturated carbocycles. The van der Waals surface area contributed by atoms with E-state index in [1.165, 1.54) is 0 Å². The van der Waals surface area contributed by atoms with E-state index < -0.39 is 18.5 Å². The van der Waals surface area contributed by atoms with Crippen molar-refractivity contribution in [1.82, 2.24) is 5.16 Å². The highest BCUT2D eigenvalue weighted by Gasteiger charge is 2.20. The van der Waals surface area contributed by atoms with Crippen molar-refractivity contribution in [2.45, 2.75) is 13.8 Å². The molecule has 2 heterocycles. The van der Waals surface area contributed by atoms with Gasteiger partial charge in [0.05, 0.1) is 0 Å². The molecule has 0 radical (unpaired) electrons. The summed E-state index contributed by atoms with van der Waals surface area (Å²) in [6, 6.07) is 6.58. The van der Waals surface area contributed by atoms with Gasteiger partial charge in [0.1, 0.15) is 11.3 Å². The predicted octanol–water partition coefficient (Wildman–Crippen LogP) is 3.49. The van der Waals surface area contributed by atoms with Crippen molar-refractivity contribution in [3.63, 3.8) is 0 Å². The zero-order chi connectivity index (χ0) is 17.3. The van der Waals surface area contributed by atoms with Crippen molar-refractivity contribution < 1.29 is 23.3 Å². The SMILES string of the molecule is Cc1cc(NC(=O)COC(=O)c2oc3ccc(Cl)cc3c2C)no1. The minimum Gasteiger partial charge on any atom is -0.450 e. The van der Waals surface area contributed by atoms with Gasteiger partial charge in [0.25, 0.3) is 5.91 Å². The average molecular weight is 349 g/mol. The highest BCUT2D eigenvalue weighted by molar-refractivity contribution is 6.31. The normalized spacial score (nSPS) is 10.8. The summed E-state index contributed by atoms with van der Waals surface area (Å²) < 4.78 is 15.3. The number of aryl methyl sites for hydroxylation is 2. The molecule has 0 aliphatic heterocycles. The van der Waals surface area contributed by atoms with Gasteiger partial charge in [0.15, 0.2) is 12.4 Å². The number of furan rings is 1. The molecular formula is C16H13ClN2O5. The number of amides is 1. The van der Waals surface area contributed by atoms with E-state index >= 15 is 0 Å². The number of rotatable bonds is 4. The minimum absolute atomic E-state index is 0.0392. The molecule has 0 aliphatic carbocycles. The summed E-state index contributed by atoms with van der Waals surface area (Å²) in [7, 11) is 0. The molecule has 3 rings (SSSR count). The van der Waals surface area contributed by atoms with Gasteiger partial charge in [0.2, 0.25) is 5.76 Å². The van der Waals surface area contributed by atoms with Gasteiger partial charge in [-0.3, -0.25) is 4.79 Å². The molecule has 0 fully saturated rings. The minimum atomic E-state index is -0.730. The average Bonchev–Trinajstić information content (AvgIpc) is 3.09. The first-order chi connectivity index (χ1) is 11.4. The molecule has 7 nitrogen and oxygen atoms in total. The molecule has 1 aromatic carbocycles. The summed E-state index contributed by atoms with van der Waals surface area (Å²) >= 11 is 5.94. The fraction of sp³-hybridized carbons (Fsp3) is 0.188. The molecule has 1 N–H and O–H groups in total. The van der Waals surface area contributed by atoms with E-state index in [1.54, 1.807) is 38.1 Å². The first kappa shape index (κ1) is 16.1. The van der Waals surface area contributed by atoms with Crippen LogP contribution in [-0.4, -0.2) is 23.6 Å². The van der Waals surface area contributed by atoms with E-state index in [2.05, 4.69) is 10.5 Å². The fourth-order valence-electron chi connectivity index (χ4n) is 2.19. The smallest absolute Gasteiger partial charge is 0.375 e. The zero-order valence-electron chi connectivity index (χ0n) is 12.9. The van der Waals surface area contributed by atoms with Gasteiger partial charge in [-0.1, -0.05) is 16.8 Å². The summed E-state index contributed by atoms with van der Waals surface area (Å²) in [6.45, 7) is 2.94. The van der Waals surface area contributed by atoms with E-state index in [0.717, 1.165) is 5.39 Å². The van der Waals surface area contributed by atoms with Crippen LogP contribution in [0.1, 0.15) is 21.9 Å². The molecule has 0 bridgehead atoms. The van der Waals surface area contributed by atoms with Crippen molar-refractivity contribution in [1.29, 1.82) is 0 Å². The fourth-order valence-corrected chi connectivity index (χ4v) is 2.36. The number of aromatic nitrogens is 1. The van der Waals surface area contributed by atoms with Crippen LogP contribution in [0.15, 0.2) is 33.2 Å². The van der Waals surface area contributed by atoms with Crippen LogP contribution in [0.2, 0.25) is 5.02 Å². The summed E-state index contributed by atoms with van der Waals surface area (Å²) in [6.07, 6.45) is 0. The Labute approximate surface area is 141 Å². The van der Waals surface area contributed by atoms with Gasteiger partial charge in [0, 0.05) is 22.0 Å². The Morgan fingerprint density at radius 2 is 2.08 bits per heavy atom. The van der Waals surface area contributed by atoms with Crippen LogP contribution < -0.4 is 5.32 Å². The molecule has 24 heavy (non-hydrogen) atoms. The summed E-state index contributed by atoms with van der Waals surface area (Å²) in [5, 5.41) is 7.32. The third-order valence-corrected chi connectivity index (χ3v) is 3.55. The quantitative estimate of drug-likeness (QED) is 0.725. The number of benzene rings is 1. The molecular weight excluding hydrogens is 336 g/mol. The van der Waals surface area contributed by atoms with Gasteiger partial charge < -0.3 is 19.0 Å². The number of hydrogen-bond donors (Lipinski definition) is 1. The number of carbonyl (C=O) groups is 2. The molecule has 3 aromatic rings. The lowest BCUT2D eigenvalue weighted by Crippen LogP contribution is -2.21. The monoisotopic (exact) mass is 348 g/mol. The molecule has 0 unspecified atom stereocenters. The van der Waals surface area contributed by atoms with Crippen molar-refractivity contribution in [3.05, 3.63) is 46.4 Å². The highest BCUT2D eigenvalue weighted by Crippen LogP contribution is 2.28. The Bertz CT molecular complexity index is 928. The van der Waals surface area contributed by atoms with Crippen molar-refractivity contribution in [2.75, 3.05) is 11.9 Å². The summed E-state index contributed by atoms with van der Waals surface area (Å²) in [4.78, 5) is 23.9. The maximum Gasteiger partial charge on any atom is 0.375 e. The second kappa shape index (κ2) is 6.37. The second-order valence-corrected chi connectivity index (χ2v) is 5.58. The first-order valence-electron chi connectivity index (χ1n) is 7.03. The number of carbonyl (C=O) groups excluding carboxylic acids is 2. The maximum absolute atomic E-state index is 12.1. The van der Waals surface area contributed by atoms with E-state index in [4.69, 9.17) is 25.3 Å². The lowest BCUT2D eigenvalue weighted by molar-refractivity contribution is -0.119.